The van der Waals surface area contributed by atoms with Gasteiger partial charge in [0.05, 0.1) is 29.9 Å². The van der Waals surface area contributed by atoms with E-state index in [0.717, 1.165) is 11.0 Å². The molecule has 0 bridgehead atoms. The SMILES string of the molecule is CC(NC1CC1)c1nc(Cn2cnc3ccccc32)no1. The number of para-hydroxylation sites is 2. The van der Waals surface area contributed by atoms with E-state index >= 15 is 0 Å². The fraction of sp³-hybridized carbons (Fsp3) is 0.400. The van der Waals surface area contributed by atoms with Crippen LogP contribution >= 0.6 is 0 Å². The van der Waals surface area contributed by atoms with Crippen LogP contribution in [0.3, 0.4) is 0 Å². The van der Waals surface area contributed by atoms with Crippen LogP contribution in [-0.4, -0.2) is 25.7 Å². The second-order valence-corrected chi connectivity index (χ2v) is 5.57. The summed E-state index contributed by atoms with van der Waals surface area (Å²) >= 11 is 0. The third-order valence-corrected chi connectivity index (χ3v) is 3.76. The summed E-state index contributed by atoms with van der Waals surface area (Å²) in [4.78, 5) is 8.85. The van der Waals surface area contributed by atoms with Crippen LogP contribution in [0.5, 0.6) is 0 Å². The van der Waals surface area contributed by atoms with Gasteiger partial charge < -0.3 is 14.4 Å². The van der Waals surface area contributed by atoms with Gasteiger partial charge in [0, 0.05) is 6.04 Å². The first-order chi connectivity index (χ1) is 10.3. The molecule has 2 heterocycles. The number of aromatic nitrogens is 4. The van der Waals surface area contributed by atoms with Crippen molar-refractivity contribution in [2.75, 3.05) is 0 Å². The highest BCUT2D eigenvalue weighted by Gasteiger charge is 2.25. The van der Waals surface area contributed by atoms with Gasteiger partial charge in [-0.2, -0.15) is 4.98 Å². The molecule has 108 valence electrons. The average Bonchev–Trinajstić information content (AvgIpc) is 3.04. The van der Waals surface area contributed by atoms with Crippen LogP contribution in [0.1, 0.15) is 37.5 Å². The monoisotopic (exact) mass is 283 g/mol. The minimum Gasteiger partial charge on any atom is -0.338 e. The van der Waals surface area contributed by atoms with Crippen molar-refractivity contribution in [2.45, 2.75) is 38.4 Å². The lowest BCUT2D eigenvalue weighted by Crippen LogP contribution is -2.20. The van der Waals surface area contributed by atoms with Crippen molar-refractivity contribution >= 4 is 11.0 Å². The summed E-state index contributed by atoms with van der Waals surface area (Å²) in [5.41, 5.74) is 2.05. The van der Waals surface area contributed by atoms with Gasteiger partial charge in [0.15, 0.2) is 5.82 Å². The Morgan fingerprint density at radius 1 is 1.38 bits per heavy atom. The second kappa shape index (κ2) is 4.96. The lowest BCUT2D eigenvalue weighted by molar-refractivity contribution is 0.335. The summed E-state index contributed by atoms with van der Waals surface area (Å²) in [5.74, 6) is 1.33. The third kappa shape index (κ3) is 2.54. The van der Waals surface area contributed by atoms with E-state index in [1.54, 1.807) is 0 Å². The van der Waals surface area contributed by atoms with E-state index < -0.39 is 0 Å². The number of rotatable bonds is 5. The zero-order valence-electron chi connectivity index (χ0n) is 11.9. The van der Waals surface area contributed by atoms with Crippen LogP contribution < -0.4 is 5.32 Å². The average molecular weight is 283 g/mol. The fourth-order valence-electron chi connectivity index (χ4n) is 2.47. The molecule has 1 fully saturated rings. The first-order valence-electron chi connectivity index (χ1n) is 7.28. The van der Waals surface area contributed by atoms with Crippen molar-refractivity contribution in [1.82, 2.24) is 25.0 Å². The highest BCUT2D eigenvalue weighted by atomic mass is 16.5. The molecule has 0 radical (unpaired) electrons. The number of nitrogens with zero attached hydrogens (tertiary/aromatic N) is 4. The minimum atomic E-state index is 0.110. The molecule has 0 saturated heterocycles. The Morgan fingerprint density at radius 2 is 2.24 bits per heavy atom. The Kier molecular flexibility index (Phi) is 2.96. The maximum atomic E-state index is 5.36. The van der Waals surface area contributed by atoms with Gasteiger partial charge in [-0.15, -0.1) is 0 Å². The Hall–Kier alpha value is -2.21. The molecule has 0 amide bonds. The van der Waals surface area contributed by atoms with Gasteiger partial charge >= 0.3 is 0 Å². The summed E-state index contributed by atoms with van der Waals surface area (Å²) in [6, 6.07) is 8.75. The topological polar surface area (TPSA) is 68.8 Å². The van der Waals surface area contributed by atoms with Crippen molar-refractivity contribution in [2.24, 2.45) is 0 Å². The zero-order valence-corrected chi connectivity index (χ0v) is 11.9. The molecular formula is C15H17N5O. The molecule has 6 heteroatoms. The standard InChI is InChI=1S/C15H17N5O/c1-10(17-11-6-7-11)15-18-14(19-21-15)8-20-9-16-12-4-2-3-5-13(12)20/h2-5,9-11,17H,6-8H2,1H3. The molecule has 1 unspecified atom stereocenters. The molecule has 0 spiro atoms. The molecular weight excluding hydrogens is 266 g/mol. The van der Waals surface area contributed by atoms with E-state index in [-0.39, 0.29) is 6.04 Å². The van der Waals surface area contributed by atoms with E-state index in [1.165, 1.54) is 12.8 Å². The van der Waals surface area contributed by atoms with E-state index in [2.05, 4.69) is 27.4 Å². The molecule has 1 N–H and O–H groups in total. The highest BCUT2D eigenvalue weighted by Crippen LogP contribution is 2.23. The summed E-state index contributed by atoms with van der Waals surface area (Å²) in [7, 11) is 0. The smallest absolute Gasteiger partial charge is 0.243 e. The van der Waals surface area contributed by atoms with Crippen molar-refractivity contribution in [3.05, 3.63) is 42.3 Å². The molecule has 1 atom stereocenters. The first-order valence-corrected chi connectivity index (χ1v) is 7.28. The predicted octanol–water partition coefficient (Wildman–Crippen LogP) is 2.28. The zero-order chi connectivity index (χ0) is 14.2. The third-order valence-electron chi connectivity index (χ3n) is 3.76. The minimum absolute atomic E-state index is 0.110. The van der Waals surface area contributed by atoms with E-state index in [4.69, 9.17) is 4.52 Å². The molecule has 2 aromatic heterocycles. The van der Waals surface area contributed by atoms with E-state index in [1.807, 2.05) is 35.2 Å². The van der Waals surface area contributed by atoms with Crippen LogP contribution in [0.25, 0.3) is 11.0 Å². The van der Waals surface area contributed by atoms with Crippen molar-refractivity contribution in [3.8, 4) is 0 Å². The number of fused-ring (bicyclic) bond motifs is 1. The molecule has 0 aliphatic heterocycles. The summed E-state index contributed by atoms with van der Waals surface area (Å²) < 4.78 is 7.39. The van der Waals surface area contributed by atoms with Gasteiger partial charge in [-0.1, -0.05) is 17.3 Å². The lowest BCUT2D eigenvalue weighted by atomic mass is 10.3. The normalized spacial score (nSPS) is 16.4. The van der Waals surface area contributed by atoms with Crippen LogP contribution in [0.2, 0.25) is 0 Å². The number of imidazole rings is 1. The number of hydrogen-bond acceptors (Lipinski definition) is 5. The maximum Gasteiger partial charge on any atom is 0.243 e. The number of nitrogens with one attached hydrogen (secondary N) is 1. The first kappa shape index (κ1) is 12.5. The van der Waals surface area contributed by atoms with Gasteiger partial charge in [-0.05, 0) is 31.9 Å². The molecule has 1 aromatic carbocycles. The summed E-state index contributed by atoms with van der Waals surface area (Å²) in [5, 5.41) is 7.53. The Bertz CT molecular complexity index is 758. The maximum absolute atomic E-state index is 5.36. The molecule has 4 rings (SSSR count). The van der Waals surface area contributed by atoms with Crippen LogP contribution in [0.4, 0.5) is 0 Å². The highest BCUT2D eigenvalue weighted by molar-refractivity contribution is 5.74. The largest absolute Gasteiger partial charge is 0.338 e. The van der Waals surface area contributed by atoms with Gasteiger partial charge in [0.2, 0.25) is 5.89 Å². The van der Waals surface area contributed by atoms with Crippen molar-refractivity contribution < 1.29 is 4.52 Å². The van der Waals surface area contributed by atoms with Crippen molar-refractivity contribution in [3.63, 3.8) is 0 Å². The summed E-state index contributed by atoms with van der Waals surface area (Å²) in [6.45, 7) is 2.63. The van der Waals surface area contributed by atoms with Gasteiger partial charge in [0.1, 0.15) is 0 Å². The quantitative estimate of drug-likeness (QED) is 0.778. The predicted molar refractivity (Wildman–Crippen MR) is 77.7 cm³/mol. The molecule has 1 saturated carbocycles. The van der Waals surface area contributed by atoms with Crippen LogP contribution in [0, 0.1) is 0 Å². The number of hydrogen-bond donors (Lipinski definition) is 1. The van der Waals surface area contributed by atoms with E-state index in [0.29, 0.717) is 24.3 Å². The molecule has 6 nitrogen and oxygen atoms in total. The van der Waals surface area contributed by atoms with Crippen LogP contribution in [0.15, 0.2) is 35.1 Å². The Labute approximate surface area is 122 Å². The van der Waals surface area contributed by atoms with Gasteiger partial charge in [-0.3, -0.25) is 0 Å². The Balaban J connectivity index is 1.53. The van der Waals surface area contributed by atoms with E-state index in [9.17, 15) is 0 Å². The van der Waals surface area contributed by atoms with Gasteiger partial charge in [0.25, 0.3) is 0 Å². The van der Waals surface area contributed by atoms with Crippen LogP contribution in [-0.2, 0) is 6.54 Å². The van der Waals surface area contributed by atoms with Gasteiger partial charge in [-0.25, -0.2) is 4.98 Å². The molecule has 1 aliphatic rings. The lowest BCUT2D eigenvalue weighted by Gasteiger charge is -2.06. The van der Waals surface area contributed by atoms with Crippen molar-refractivity contribution in [1.29, 1.82) is 0 Å². The molecule has 21 heavy (non-hydrogen) atoms. The molecule has 3 aromatic rings. The number of benzene rings is 1. The second-order valence-electron chi connectivity index (χ2n) is 5.57. The molecule has 1 aliphatic carbocycles. The Morgan fingerprint density at radius 3 is 3.10 bits per heavy atom. The summed E-state index contributed by atoms with van der Waals surface area (Å²) in [6.07, 6.45) is 4.30. The fourth-order valence-corrected chi connectivity index (χ4v) is 2.47.